The summed E-state index contributed by atoms with van der Waals surface area (Å²) in [6, 6.07) is 4.92. The minimum Gasteiger partial charge on any atom is -0.376 e. The lowest BCUT2D eigenvalue weighted by Crippen LogP contribution is -2.21. The molecular formula is C8H6Br2F3N. The Hall–Kier alpha value is -0.230. The van der Waals surface area contributed by atoms with Crippen LogP contribution < -0.4 is 5.32 Å². The van der Waals surface area contributed by atoms with Crippen molar-refractivity contribution in [2.24, 2.45) is 0 Å². The average Bonchev–Trinajstić information content (AvgIpc) is 2.00. The smallest absolute Gasteiger partial charge is 0.376 e. The molecule has 0 aliphatic rings. The van der Waals surface area contributed by atoms with Gasteiger partial charge in [0.05, 0.1) is 0 Å². The van der Waals surface area contributed by atoms with E-state index in [1.807, 2.05) is 0 Å². The maximum atomic E-state index is 11.9. The molecular weight excluding hydrogens is 327 g/mol. The molecule has 0 aromatic heterocycles. The van der Waals surface area contributed by atoms with Gasteiger partial charge in [0, 0.05) is 14.6 Å². The zero-order valence-electron chi connectivity index (χ0n) is 6.83. The number of anilines is 1. The highest BCUT2D eigenvalue weighted by Gasteiger charge is 2.26. The molecule has 0 saturated heterocycles. The first kappa shape index (κ1) is 11.8. The van der Waals surface area contributed by atoms with Crippen molar-refractivity contribution in [3.8, 4) is 0 Å². The summed E-state index contributed by atoms with van der Waals surface area (Å²) in [4.78, 5) is 0. The second kappa shape index (κ2) is 4.53. The van der Waals surface area contributed by atoms with Gasteiger partial charge < -0.3 is 5.32 Å². The Labute approximate surface area is 95.9 Å². The predicted octanol–water partition coefficient (Wildman–Crippen LogP) is 4.19. The second-order valence-electron chi connectivity index (χ2n) is 2.59. The number of halogens is 5. The average molecular weight is 333 g/mol. The van der Waals surface area contributed by atoms with Gasteiger partial charge in [0.1, 0.15) is 6.54 Å². The molecule has 1 N–H and O–H groups in total. The Morgan fingerprint density at radius 1 is 1.21 bits per heavy atom. The largest absolute Gasteiger partial charge is 0.405 e. The first-order chi connectivity index (χ1) is 6.38. The van der Waals surface area contributed by atoms with Crippen molar-refractivity contribution in [1.82, 2.24) is 0 Å². The molecule has 6 heteroatoms. The number of nitrogens with one attached hydrogen (secondary N) is 1. The molecule has 1 aromatic carbocycles. The van der Waals surface area contributed by atoms with Crippen LogP contribution in [0.2, 0.25) is 0 Å². The van der Waals surface area contributed by atoms with Crippen LogP contribution in [-0.4, -0.2) is 12.7 Å². The van der Waals surface area contributed by atoms with E-state index in [-0.39, 0.29) is 0 Å². The van der Waals surface area contributed by atoms with Crippen LogP contribution in [0.4, 0.5) is 18.9 Å². The van der Waals surface area contributed by atoms with E-state index < -0.39 is 12.7 Å². The van der Waals surface area contributed by atoms with Gasteiger partial charge in [-0.05, 0) is 34.1 Å². The number of rotatable bonds is 2. The third kappa shape index (κ3) is 3.88. The minimum atomic E-state index is -4.20. The van der Waals surface area contributed by atoms with E-state index in [1.54, 1.807) is 18.2 Å². The number of alkyl halides is 3. The molecule has 1 nitrogen and oxygen atoms in total. The zero-order chi connectivity index (χ0) is 10.8. The molecule has 0 radical (unpaired) electrons. The summed E-state index contributed by atoms with van der Waals surface area (Å²) in [7, 11) is 0. The van der Waals surface area contributed by atoms with Gasteiger partial charge in [-0.1, -0.05) is 15.9 Å². The van der Waals surface area contributed by atoms with Gasteiger partial charge in [0.15, 0.2) is 0 Å². The normalized spacial score (nSPS) is 11.5. The quantitative estimate of drug-likeness (QED) is 0.856. The molecule has 0 heterocycles. The van der Waals surface area contributed by atoms with Gasteiger partial charge in [-0.3, -0.25) is 0 Å². The molecule has 1 aromatic rings. The molecule has 0 saturated carbocycles. The van der Waals surface area contributed by atoms with Crippen LogP contribution in [0.5, 0.6) is 0 Å². The Bertz CT molecular complexity index is 325. The first-order valence-corrected chi connectivity index (χ1v) is 5.23. The molecule has 0 fully saturated rings. The van der Waals surface area contributed by atoms with Gasteiger partial charge >= 0.3 is 6.18 Å². The van der Waals surface area contributed by atoms with E-state index in [0.29, 0.717) is 10.2 Å². The predicted molar refractivity (Wildman–Crippen MR) is 56.4 cm³/mol. The third-order valence-corrected chi connectivity index (χ3v) is 2.56. The lowest BCUT2D eigenvalue weighted by Gasteiger charge is -2.10. The summed E-state index contributed by atoms with van der Waals surface area (Å²) < 4.78 is 37.0. The first-order valence-electron chi connectivity index (χ1n) is 3.64. The molecule has 14 heavy (non-hydrogen) atoms. The molecule has 0 amide bonds. The lowest BCUT2D eigenvalue weighted by molar-refractivity contribution is -0.115. The summed E-state index contributed by atoms with van der Waals surface area (Å²) in [5.41, 5.74) is 0.422. The van der Waals surface area contributed by atoms with Crippen molar-refractivity contribution in [2.75, 3.05) is 11.9 Å². The van der Waals surface area contributed by atoms with Gasteiger partial charge in [-0.2, -0.15) is 13.2 Å². The van der Waals surface area contributed by atoms with Gasteiger partial charge in [0.2, 0.25) is 0 Å². The zero-order valence-corrected chi connectivity index (χ0v) is 10.0. The number of hydrogen-bond donors (Lipinski definition) is 1. The van der Waals surface area contributed by atoms with E-state index >= 15 is 0 Å². The number of benzene rings is 1. The van der Waals surface area contributed by atoms with Gasteiger partial charge in [-0.15, -0.1) is 0 Å². The highest BCUT2D eigenvalue weighted by Crippen LogP contribution is 2.27. The van der Waals surface area contributed by atoms with Crippen molar-refractivity contribution >= 4 is 37.5 Å². The molecule has 0 bridgehead atoms. The van der Waals surface area contributed by atoms with E-state index in [1.165, 1.54) is 0 Å². The molecule has 0 spiro atoms. The lowest BCUT2D eigenvalue weighted by atomic mass is 10.3. The molecule has 78 valence electrons. The summed E-state index contributed by atoms with van der Waals surface area (Å²) in [6.45, 7) is -1.03. The van der Waals surface area contributed by atoms with Crippen molar-refractivity contribution in [2.45, 2.75) is 6.18 Å². The fourth-order valence-electron chi connectivity index (χ4n) is 0.828. The van der Waals surface area contributed by atoms with Gasteiger partial charge in [-0.25, -0.2) is 0 Å². The van der Waals surface area contributed by atoms with Crippen LogP contribution >= 0.6 is 31.9 Å². The number of hydrogen-bond acceptors (Lipinski definition) is 1. The highest BCUT2D eigenvalue weighted by atomic mass is 79.9. The van der Waals surface area contributed by atoms with Crippen LogP contribution in [0.1, 0.15) is 0 Å². The van der Waals surface area contributed by atoms with Crippen LogP contribution in [-0.2, 0) is 0 Å². The summed E-state index contributed by atoms with van der Waals surface area (Å²) >= 11 is 6.36. The Morgan fingerprint density at radius 3 is 2.36 bits per heavy atom. The molecule has 0 atom stereocenters. The molecule has 0 unspecified atom stereocenters. The maximum absolute atomic E-state index is 11.9. The van der Waals surface area contributed by atoms with Crippen molar-refractivity contribution < 1.29 is 13.2 Å². The summed E-state index contributed by atoms with van der Waals surface area (Å²) in [5, 5.41) is 2.29. The van der Waals surface area contributed by atoms with E-state index in [9.17, 15) is 13.2 Å². The second-order valence-corrected chi connectivity index (χ2v) is 4.36. The van der Waals surface area contributed by atoms with Crippen LogP contribution in [0.25, 0.3) is 0 Å². The monoisotopic (exact) mass is 331 g/mol. The maximum Gasteiger partial charge on any atom is 0.405 e. The SMILES string of the molecule is FC(F)(F)CNc1ccc(Br)cc1Br. The Morgan fingerprint density at radius 2 is 1.86 bits per heavy atom. The fraction of sp³-hybridized carbons (Fsp3) is 0.250. The topological polar surface area (TPSA) is 12.0 Å². The van der Waals surface area contributed by atoms with E-state index in [4.69, 9.17) is 0 Å². The van der Waals surface area contributed by atoms with Crippen molar-refractivity contribution in [3.05, 3.63) is 27.1 Å². The molecule has 0 aliphatic carbocycles. The summed E-state index contributed by atoms with van der Waals surface area (Å²) in [6.07, 6.45) is -4.20. The molecule has 0 aliphatic heterocycles. The molecule has 1 rings (SSSR count). The standard InChI is InChI=1S/C8H6Br2F3N/c9-5-1-2-7(6(10)3-5)14-4-8(11,12)13/h1-3,14H,4H2. The van der Waals surface area contributed by atoms with Gasteiger partial charge in [0.25, 0.3) is 0 Å². The van der Waals surface area contributed by atoms with Crippen LogP contribution in [0.3, 0.4) is 0 Å². The van der Waals surface area contributed by atoms with E-state index in [0.717, 1.165) is 4.47 Å². The van der Waals surface area contributed by atoms with Crippen molar-refractivity contribution in [3.63, 3.8) is 0 Å². The van der Waals surface area contributed by atoms with Crippen molar-refractivity contribution in [1.29, 1.82) is 0 Å². The van der Waals surface area contributed by atoms with Crippen LogP contribution in [0.15, 0.2) is 27.1 Å². The van der Waals surface area contributed by atoms with E-state index in [2.05, 4.69) is 37.2 Å². The Kier molecular flexibility index (Phi) is 3.83. The summed E-state index contributed by atoms with van der Waals surface area (Å²) in [5.74, 6) is 0. The Balaban J connectivity index is 2.68. The minimum absolute atomic E-state index is 0.422. The third-order valence-electron chi connectivity index (χ3n) is 1.41. The highest BCUT2D eigenvalue weighted by molar-refractivity contribution is 9.11. The fourth-order valence-corrected chi connectivity index (χ4v) is 2.02. The van der Waals surface area contributed by atoms with Crippen LogP contribution in [0, 0.1) is 0 Å².